The van der Waals surface area contributed by atoms with Crippen LogP contribution in [0.15, 0.2) is 54.6 Å². The summed E-state index contributed by atoms with van der Waals surface area (Å²) in [6, 6.07) is 14.5. The number of carbonyl (C=O) groups excluding carboxylic acids is 1. The van der Waals surface area contributed by atoms with Gasteiger partial charge in [-0.3, -0.25) is 4.79 Å². The van der Waals surface area contributed by atoms with Crippen LogP contribution in [-0.4, -0.2) is 36.9 Å². The van der Waals surface area contributed by atoms with Crippen LogP contribution in [0.2, 0.25) is 0 Å². The minimum absolute atomic E-state index is 0.00626. The molecule has 0 aliphatic carbocycles. The minimum atomic E-state index is -3.64. The van der Waals surface area contributed by atoms with Crippen LogP contribution in [0.5, 0.6) is 0 Å². The molecule has 2 aromatic carbocycles. The van der Waals surface area contributed by atoms with E-state index in [0.717, 1.165) is 11.8 Å². The summed E-state index contributed by atoms with van der Waals surface area (Å²) in [5.41, 5.74) is 0.968. The van der Waals surface area contributed by atoms with Gasteiger partial charge in [0.2, 0.25) is 5.91 Å². The van der Waals surface area contributed by atoms with Gasteiger partial charge in [-0.2, -0.15) is 0 Å². The highest BCUT2D eigenvalue weighted by Gasteiger charge is 2.29. The molecular formula is C17H17NO5S. The highest BCUT2D eigenvalue weighted by molar-refractivity contribution is 7.92. The smallest absolute Gasteiger partial charge is 0.335 e. The van der Waals surface area contributed by atoms with Crippen molar-refractivity contribution in [2.24, 2.45) is 0 Å². The number of anilines is 1. The number of hydrogen-bond acceptors (Lipinski definition) is 4. The molecule has 2 aromatic rings. The van der Waals surface area contributed by atoms with Crippen molar-refractivity contribution in [1.29, 1.82) is 0 Å². The van der Waals surface area contributed by atoms with Crippen LogP contribution in [0.1, 0.15) is 15.9 Å². The highest BCUT2D eigenvalue weighted by atomic mass is 32.2. The molecule has 0 spiro atoms. The molecule has 24 heavy (non-hydrogen) atoms. The van der Waals surface area contributed by atoms with Crippen LogP contribution in [0.4, 0.5) is 5.69 Å². The van der Waals surface area contributed by atoms with E-state index in [4.69, 9.17) is 5.11 Å². The van der Waals surface area contributed by atoms with Crippen molar-refractivity contribution in [3.63, 3.8) is 0 Å². The zero-order valence-corrected chi connectivity index (χ0v) is 13.8. The molecule has 0 saturated carbocycles. The number of aromatic carboxylic acids is 1. The van der Waals surface area contributed by atoms with Crippen molar-refractivity contribution in [2.45, 2.75) is 11.7 Å². The fraction of sp³-hybridized carbons (Fsp3) is 0.176. The number of hydrogen-bond donors (Lipinski definition) is 2. The Bertz CT molecular complexity index is 846. The molecule has 0 unspecified atom stereocenters. The van der Waals surface area contributed by atoms with Crippen molar-refractivity contribution in [3.05, 3.63) is 65.7 Å². The molecule has 0 radical (unpaired) electrons. The third-order valence-corrected chi connectivity index (χ3v) is 4.86. The Labute approximate surface area is 140 Å². The topological polar surface area (TPSA) is 101 Å². The number of carboxylic acids is 1. The summed E-state index contributed by atoms with van der Waals surface area (Å²) in [4.78, 5) is 23.4. The molecule has 0 fully saturated rings. The lowest BCUT2D eigenvalue weighted by molar-refractivity contribution is -0.115. The van der Waals surface area contributed by atoms with Gasteiger partial charge in [-0.15, -0.1) is 0 Å². The van der Waals surface area contributed by atoms with E-state index in [9.17, 15) is 18.0 Å². The summed E-state index contributed by atoms with van der Waals surface area (Å²) in [7, 11) is -3.64. The van der Waals surface area contributed by atoms with E-state index >= 15 is 0 Å². The summed E-state index contributed by atoms with van der Waals surface area (Å²) in [5.74, 6) is -1.82. The Morgan fingerprint density at radius 2 is 1.75 bits per heavy atom. The predicted molar refractivity (Wildman–Crippen MR) is 90.8 cm³/mol. The van der Waals surface area contributed by atoms with Gasteiger partial charge in [0.05, 0.1) is 5.56 Å². The summed E-state index contributed by atoms with van der Waals surface area (Å²) in [6.07, 6.45) is 1.05. The lowest BCUT2D eigenvalue weighted by atomic mass is 10.1. The standard InChI is InChI=1S/C17H17NO5S/c1-24(22,23)15(10-12-6-3-2-4-7-12)16(19)18-14-9-5-8-13(11-14)17(20)21/h2-9,11,15H,10H2,1H3,(H,18,19)(H,20,21)/t15-/m1/s1. The van der Waals surface area contributed by atoms with Gasteiger partial charge in [0.25, 0.3) is 0 Å². The highest BCUT2D eigenvalue weighted by Crippen LogP contribution is 2.15. The summed E-state index contributed by atoms with van der Waals surface area (Å²) < 4.78 is 24.0. The third-order valence-electron chi connectivity index (χ3n) is 3.45. The SMILES string of the molecule is CS(=O)(=O)[C@H](Cc1ccccc1)C(=O)Nc1cccc(C(=O)O)c1. The van der Waals surface area contributed by atoms with E-state index in [2.05, 4.69) is 5.32 Å². The molecule has 126 valence electrons. The van der Waals surface area contributed by atoms with Crippen LogP contribution < -0.4 is 5.32 Å². The molecule has 0 aliphatic heterocycles. The zero-order valence-electron chi connectivity index (χ0n) is 13.0. The first-order chi connectivity index (χ1) is 11.3. The number of rotatable bonds is 6. The minimum Gasteiger partial charge on any atom is -0.478 e. The van der Waals surface area contributed by atoms with Crippen LogP contribution in [0, 0.1) is 0 Å². The van der Waals surface area contributed by atoms with Crippen LogP contribution in [0.25, 0.3) is 0 Å². The number of benzene rings is 2. The maximum absolute atomic E-state index is 12.4. The van der Waals surface area contributed by atoms with E-state index < -0.39 is 27.0 Å². The largest absolute Gasteiger partial charge is 0.478 e. The van der Waals surface area contributed by atoms with Crippen LogP contribution >= 0.6 is 0 Å². The lowest BCUT2D eigenvalue weighted by Gasteiger charge is -2.15. The quantitative estimate of drug-likeness (QED) is 0.832. The first-order valence-corrected chi connectivity index (χ1v) is 9.10. The monoisotopic (exact) mass is 347 g/mol. The fourth-order valence-electron chi connectivity index (χ4n) is 2.22. The van der Waals surface area contributed by atoms with Crippen LogP contribution in [0.3, 0.4) is 0 Å². The second-order valence-corrected chi connectivity index (χ2v) is 7.61. The fourth-order valence-corrected chi connectivity index (χ4v) is 3.16. The van der Waals surface area contributed by atoms with Gasteiger partial charge < -0.3 is 10.4 Å². The second-order valence-electron chi connectivity index (χ2n) is 5.38. The van der Waals surface area contributed by atoms with E-state index in [1.54, 1.807) is 30.3 Å². The molecule has 2 rings (SSSR count). The molecule has 7 heteroatoms. The number of carboxylic acid groups (broad SMARTS) is 1. The maximum Gasteiger partial charge on any atom is 0.335 e. The molecule has 0 heterocycles. The van der Waals surface area contributed by atoms with Gasteiger partial charge in [0, 0.05) is 11.9 Å². The number of sulfone groups is 1. The second kappa shape index (κ2) is 7.27. The average Bonchev–Trinajstić information content (AvgIpc) is 2.52. The third kappa shape index (κ3) is 4.66. The Hall–Kier alpha value is -2.67. The Morgan fingerprint density at radius 3 is 2.33 bits per heavy atom. The first-order valence-electron chi connectivity index (χ1n) is 7.14. The molecule has 2 N–H and O–H groups in total. The molecule has 0 aliphatic rings. The molecule has 0 saturated heterocycles. The summed E-state index contributed by atoms with van der Waals surface area (Å²) in [5, 5.41) is 10.2. The van der Waals surface area contributed by atoms with Crippen molar-refractivity contribution < 1.29 is 23.1 Å². The molecule has 1 amide bonds. The molecule has 0 bridgehead atoms. The van der Waals surface area contributed by atoms with Gasteiger partial charge in [-0.05, 0) is 30.2 Å². The normalized spacial score (nSPS) is 12.4. The molecule has 6 nitrogen and oxygen atoms in total. The maximum atomic E-state index is 12.4. The summed E-state index contributed by atoms with van der Waals surface area (Å²) >= 11 is 0. The van der Waals surface area contributed by atoms with Gasteiger partial charge >= 0.3 is 5.97 Å². The van der Waals surface area contributed by atoms with E-state index in [1.165, 1.54) is 24.3 Å². The molecular weight excluding hydrogens is 330 g/mol. The van der Waals surface area contributed by atoms with Gasteiger partial charge in [-0.1, -0.05) is 36.4 Å². The Balaban J connectivity index is 2.23. The van der Waals surface area contributed by atoms with Gasteiger partial charge in [0.15, 0.2) is 9.84 Å². The Morgan fingerprint density at radius 1 is 1.08 bits per heavy atom. The Kier molecular flexibility index (Phi) is 5.35. The molecule has 0 aromatic heterocycles. The van der Waals surface area contributed by atoms with Crippen molar-refractivity contribution in [2.75, 3.05) is 11.6 Å². The first kappa shape index (κ1) is 17.7. The number of nitrogens with one attached hydrogen (secondary N) is 1. The van der Waals surface area contributed by atoms with E-state index in [-0.39, 0.29) is 17.7 Å². The summed E-state index contributed by atoms with van der Waals surface area (Å²) in [6.45, 7) is 0. The van der Waals surface area contributed by atoms with Crippen molar-refractivity contribution in [1.82, 2.24) is 0 Å². The van der Waals surface area contributed by atoms with Crippen molar-refractivity contribution >= 4 is 27.4 Å². The number of carbonyl (C=O) groups is 2. The predicted octanol–water partition coefficient (Wildman–Crippen LogP) is 1.98. The molecule has 1 atom stereocenters. The van der Waals surface area contributed by atoms with E-state index in [1.807, 2.05) is 0 Å². The van der Waals surface area contributed by atoms with Gasteiger partial charge in [0.1, 0.15) is 5.25 Å². The van der Waals surface area contributed by atoms with Gasteiger partial charge in [-0.25, -0.2) is 13.2 Å². The van der Waals surface area contributed by atoms with Crippen molar-refractivity contribution in [3.8, 4) is 0 Å². The van der Waals surface area contributed by atoms with E-state index in [0.29, 0.717) is 0 Å². The number of amides is 1. The van der Waals surface area contributed by atoms with Crippen LogP contribution in [-0.2, 0) is 21.1 Å². The zero-order chi connectivity index (χ0) is 17.7. The lowest BCUT2D eigenvalue weighted by Crippen LogP contribution is -2.36. The average molecular weight is 347 g/mol.